The second-order valence-corrected chi connectivity index (χ2v) is 6.68. The minimum absolute atomic E-state index is 0.168. The first-order valence-electron chi connectivity index (χ1n) is 10.1. The lowest BCUT2D eigenvalue weighted by Crippen LogP contribution is -2.24. The Bertz CT molecular complexity index is 832. The third-order valence-corrected chi connectivity index (χ3v) is 4.27. The summed E-state index contributed by atoms with van der Waals surface area (Å²) in [6.07, 6.45) is 7.52. The topological polar surface area (TPSA) is 69.2 Å². The zero-order chi connectivity index (χ0) is 21.6. The van der Waals surface area contributed by atoms with E-state index >= 15 is 0 Å². The molecule has 0 saturated carbocycles. The van der Waals surface area contributed by atoms with Gasteiger partial charge in [0.15, 0.2) is 18.1 Å². The number of rotatable bonds is 13. The van der Waals surface area contributed by atoms with Crippen LogP contribution < -0.4 is 19.6 Å². The van der Waals surface area contributed by atoms with Crippen molar-refractivity contribution in [2.75, 3.05) is 20.3 Å². The molecule has 0 aromatic heterocycles. The van der Waals surface area contributed by atoms with E-state index in [2.05, 4.69) is 24.0 Å². The molecule has 160 valence electrons. The zero-order valence-corrected chi connectivity index (χ0v) is 17.7. The second kappa shape index (κ2) is 13.0. The summed E-state index contributed by atoms with van der Waals surface area (Å²) in [5.41, 5.74) is 4.37. The van der Waals surface area contributed by atoms with Crippen LogP contribution in [-0.4, -0.2) is 32.4 Å². The van der Waals surface area contributed by atoms with E-state index in [-0.39, 0.29) is 12.5 Å². The van der Waals surface area contributed by atoms with Crippen molar-refractivity contribution in [3.05, 3.63) is 66.2 Å². The Morgan fingerprint density at radius 3 is 2.60 bits per heavy atom. The van der Waals surface area contributed by atoms with Gasteiger partial charge in [-0.05, 0) is 60.4 Å². The van der Waals surface area contributed by atoms with Crippen LogP contribution in [0.15, 0.2) is 60.2 Å². The van der Waals surface area contributed by atoms with E-state index in [1.165, 1.54) is 12.8 Å². The number of ether oxygens (including phenoxy) is 3. The van der Waals surface area contributed by atoms with Gasteiger partial charge in [0.25, 0.3) is 5.91 Å². The van der Waals surface area contributed by atoms with Crippen LogP contribution in [0.3, 0.4) is 0 Å². The van der Waals surface area contributed by atoms with Crippen molar-refractivity contribution in [2.45, 2.75) is 32.6 Å². The number of nitrogens with one attached hydrogen (secondary N) is 1. The number of methoxy groups -OCH3 is 1. The Kier molecular flexibility index (Phi) is 10.00. The van der Waals surface area contributed by atoms with Crippen molar-refractivity contribution in [1.29, 1.82) is 0 Å². The quantitative estimate of drug-likeness (QED) is 0.228. The van der Waals surface area contributed by atoms with Gasteiger partial charge in [-0.1, -0.05) is 31.9 Å². The van der Waals surface area contributed by atoms with E-state index in [9.17, 15) is 4.79 Å². The van der Waals surface area contributed by atoms with E-state index in [1.807, 2.05) is 42.5 Å². The molecule has 0 saturated heterocycles. The summed E-state index contributed by atoms with van der Waals surface area (Å²) in [6, 6.07) is 13.1. The Morgan fingerprint density at radius 2 is 1.90 bits per heavy atom. The largest absolute Gasteiger partial charge is 0.494 e. The first-order chi connectivity index (χ1) is 14.7. The number of hydrogen-bond acceptors (Lipinski definition) is 5. The number of hydrazone groups is 1. The number of nitrogens with zero attached hydrogens (tertiary/aromatic N) is 1. The molecule has 2 rings (SSSR count). The van der Waals surface area contributed by atoms with Crippen LogP contribution >= 0.6 is 0 Å². The van der Waals surface area contributed by atoms with Gasteiger partial charge in [0.1, 0.15) is 5.75 Å². The van der Waals surface area contributed by atoms with Gasteiger partial charge in [0.05, 0.1) is 19.9 Å². The molecule has 6 heteroatoms. The summed E-state index contributed by atoms with van der Waals surface area (Å²) in [7, 11) is 1.56. The van der Waals surface area contributed by atoms with Crippen LogP contribution in [-0.2, 0) is 11.2 Å². The lowest BCUT2D eigenvalue weighted by molar-refractivity contribution is -0.123. The fraction of sp³-hybridized carbons (Fsp3) is 0.333. The smallest absolute Gasteiger partial charge is 0.277 e. The molecule has 0 spiro atoms. The van der Waals surface area contributed by atoms with Crippen molar-refractivity contribution < 1.29 is 19.0 Å². The maximum Gasteiger partial charge on any atom is 0.277 e. The van der Waals surface area contributed by atoms with Gasteiger partial charge in [-0.25, -0.2) is 5.43 Å². The molecule has 0 aliphatic carbocycles. The van der Waals surface area contributed by atoms with Crippen molar-refractivity contribution in [1.82, 2.24) is 5.43 Å². The highest BCUT2D eigenvalue weighted by molar-refractivity contribution is 5.83. The summed E-state index contributed by atoms with van der Waals surface area (Å²) in [5, 5.41) is 3.96. The average molecular weight is 411 g/mol. The van der Waals surface area contributed by atoms with Gasteiger partial charge in [0.2, 0.25) is 0 Å². The van der Waals surface area contributed by atoms with Crippen LogP contribution in [0.25, 0.3) is 0 Å². The monoisotopic (exact) mass is 410 g/mol. The fourth-order valence-electron chi connectivity index (χ4n) is 2.67. The predicted molar refractivity (Wildman–Crippen MR) is 120 cm³/mol. The summed E-state index contributed by atoms with van der Waals surface area (Å²) in [4.78, 5) is 12.0. The van der Waals surface area contributed by atoms with Crippen molar-refractivity contribution in [3.8, 4) is 17.2 Å². The van der Waals surface area contributed by atoms with E-state index in [0.29, 0.717) is 11.5 Å². The molecular weight excluding hydrogens is 380 g/mol. The molecule has 1 N–H and O–H groups in total. The number of carbonyl (C=O) groups is 1. The molecule has 1 amide bonds. The van der Waals surface area contributed by atoms with Crippen LogP contribution in [0, 0.1) is 0 Å². The summed E-state index contributed by atoms with van der Waals surface area (Å²) >= 11 is 0. The molecule has 2 aromatic carbocycles. The minimum Gasteiger partial charge on any atom is -0.494 e. The van der Waals surface area contributed by atoms with Crippen molar-refractivity contribution >= 4 is 12.1 Å². The normalized spacial score (nSPS) is 10.6. The molecule has 0 aliphatic heterocycles. The van der Waals surface area contributed by atoms with Crippen LogP contribution in [0.4, 0.5) is 0 Å². The van der Waals surface area contributed by atoms with Crippen molar-refractivity contribution in [3.63, 3.8) is 0 Å². The van der Waals surface area contributed by atoms with Crippen molar-refractivity contribution in [2.24, 2.45) is 5.10 Å². The number of carbonyl (C=O) groups excluding carboxylic acids is 1. The SMILES string of the molecule is C=CCc1ccc(OCC(=O)N/N=C/c2ccc(OCCCCC)cc2)c(OC)c1. The molecule has 2 aromatic rings. The Balaban J connectivity index is 1.77. The van der Waals surface area contributed by atoms with Gasteiger partial charge in [0, 0.05) is 0 Å². The number of amides is 1. The van der Waals surface area contributed by atoms with E-state index in [4.69, 9.17) is 14.2 Å². The van der Waals surface area contributed by atoms with Gasteiger partial charge in [-0.15, -0.1) is 6.58 Å². The first kappa shape index (κ1) is 23.0. The zero-order valence-electron chi connectivity index (χ0n) is 17.7. The number of unbranched alkanes of at least 4 members (excludes halogenated alkanes) is 2. The molecule has 6 nitrogen and oxygen atoms in total. The van der Waals surface area contributed by atoms with Gasteiger partial charge < -0.3 is 14.2 Å². The first-order valence-corrected chi connectivity index (χ1v) is 10.1. The maximum absolute atomic E-state index is 12.0. The van der Waals surface area contributed by atoms with Crippen LogP contribution in [0.1, 0.15) is 37.3 Å². The molecule has 0 unspecified atom stereocenters. The number of benzene rings is 2. The standard InChI is InChI=1S/C24H30N2O4/c1-4-6-7-15-29-21-12-9-20(10-13-21)17-25-26-24(27)18-30-22-14-11-19(8-5-2)16-23(22)28-3/h5,9-14,16-17H,2,4,6-8,15,18H2,1,3H3,(H,26,27)/b25-17+. The molecule has 30 heavy (non-hydrogen) atoms. The molecule has 0 bridgehead atoms. The molecule has 0 heterocycles. The van der Waals surface area contributed by atoms with E-state index in [1.54, 1.807) is 19.4 Å². The lowest BCUT2D eigenvalue weighted by Gasteiger charge is -2.11. The maximum atomic E-state index is 12.0. The third kappa shape index (κ3) is 7.99. The fourth-order valence-corrected chi connectivity index (χ4v) is 2.67. The van der Waals surface area contributed by atoms with Crippen LogP contribution in [0.5, 0.6) is 17.2 Å². The third-order valence-electron chi connectivity index (χ3n) is 4.27. The highest BCUT2D eigenvalue weighted by Crippen LogP contribution is 2.28. The van der Waals surface area contributed by atoms with Crippen LogP contribution in [0.2, 0.25) is 0 Å². The summed E-state index contributed by atoms with van der Waals surface area (Å²) in [6.45, 7) is 6.44. The Morgan fingerprint density at radius 1 is 1.10 bits per heavy atom. The summed E-state index contributed by atoms with van der Waals surface area (Å²) in [5.74, 6) is 1.54. The highest BCUT2D eigenvalue weighted by Gasteiger charge is 2.08. The Labute approximate surface area is 178 Å². The average Bonchev–Trinajstić information content (AvgIpc) is 2.77. The van der Waals surface area contributed by atoms with Gasteiger partial charge in [-0.2, -0.15) is 5.10 Å². The Hall–Kier alpha value is -3.28. The predicted octanol–water partition coefficient (Wildman–Crippen LogP) is 4.52. The van der Waals surface area contributed by atoms with E-state index in [0.717, 1.165) is 36.3 Å². The lowest BCUT2D eigenvalue weighted by atomic mass is 10.1. The minimum atomic E-state index is -0.362. The summed E-state index contributed by atoms with van der Waals surface area (Å²) < 4.78 is 16.5. The molecule has 0 fully saturated rings. The van der Waals surface area contributed by atoms with Gasteiger partial charge in [-0.3, -0.25) is 4.79 Å². The molecular formula is C24H30N2O4. The van der Waals surface area contributed by atoms with E-state index < -0.39 is 0 Å². The van der Waals surface area contributed by atoms with Gasteiger partial charge >= 0.3 is 0 Å². The molecule has 0 atom stereocenters. The molecule has 0 aliphatic rings. The molecule has 0 radical (unpaired) electrons. The number of hydrogen-bond donors (Lipinski definition) is 1. The highest BCUT2D eigenvalue weighted by atomic mass is 16.5. The second-order valence-electron chi connectivity index (χ2n) is 6.68. The number of allylic oxidation sites excluding steroid dienone is 1.